The van der Waals surface area contributed by atoms with Crippen LogP contribution in [-0.4, -0.2) is 16.6 Å². The molecular weight excluding hydrogens is 294 g/mol. The standard InChI is InChI=1S/C17H19N3OS/c18-13-4-5-15-12(10-13)2-1-3-16(15)20-17(21)11-22-14-6-8-19-9-7-14/h4-10,16H,1-3,11,18H2,(H,20,21). The SMILES string of the molecule is Nc1ccc2c(c1)CCCC2NC(=O)CSc1ccncc1. The molecule has 1 amide bonds. The van der Waals surface area contributed by atoms with Crippen molar-refractivity contribution in [1.82, 2.24) is 10.3 Å². The summed E-state index contributed by atoms with van der Waals surface area (Å²) in [6.45, 7) is 0. The Kier molecular flexibility index (Phi) is 4.63. The summed E-state index contributed by atoms with van der Waals surface area (Å²) >= 11 is 1.53. The molecular formula is C17H19N3OS. The van der Waals surface area contributed by atoms with Crippen LogP contribution in [0.3, 0.4) is 0 Å². The Morgan fingerprint density at radius 2 is 2.14 bits per heavy atom. The summed E-state index contributed by atoms with van der Waals surface area (Å²) in [4.78, 5) is 17.2. The van der Waals surface area contributed by atoms with Gasteiger partial charge in [-0.2, -0.15) is 0 Å². The van der Waals surface area contributed by atoms with Crippen LogP contribution in [0.15, 0.2) is 47.6 Å². The number of pyridine rings is 1. The molecule has 0 fully saturated rings. The van der Waals surface area contributed by atoms with Gasteiger partial charge in [-0.1, -0.05) is 6.07 Å². The lowest BCUT2D eigenvalue weighted by Gasteiger charge is -2.26. The summed E-state index contributed by atoms with van der Waals surface area (Å²) in [7, 11) is 0. The summed E-state index contributed by atoms with van der Waals surface area (Å²) in [6.07, 6.45) is 6.59. The highest BCUT2D eigenvalue weighted by Gasteiger charge is 2.21. The number of amides is 1. The molecule has 0 bridgehead atoms. The minimum absolute atomic E-state index is 0.0662. The number of carbonyl (C=O) groups excluding carboxylic acids is 1. The first-order valence-corrected chi connectivity index (χ1v) is 8.41. The number of nitrogens with one attached hydrogen (secondary N) is 1. The molecule has 1 heterocycles. The monoisotopic (exact) mass is 313 g/mol. The second-order valence-corrected chi connectivity index (χ2v) is 6.49. The van der Waals surface area contributed by atoms with Gasteiger partial charge in [0.15, 0.2) is 0 Å². The molecule has 0 saturated heterocycles. The molecule has 0 aliphatic heterocycles. The number of benzene rings is 1. The van der Waals surface area contributed by atoms with E-state index in [2.05, 4.69) is 10.3 Å². The Hall–Kier alpha value is -2.01. The molecule has 1 aromatic carbocycles. The van der Waals surface area contributed by atoms with Gasteiger partial charge in [-0.05, 0) is 54.7 Å². The molecule has 3 rings (SSSR count). The second-order valence-electron chi connectivity index (χ2n) is 5.44. The van der Waals surface area contributed by atoms with Crippen molar-refractivity contribution in [3.05, 3.63) is 53.9 Å². The molecule has 1 aliphatic carbocycles. The van der Waals surface area contributed by atoms with E-state index >= 15 is 0 Å². The number of hydrogen-bond donors (Lipinski definition) is 2. The summed E-state index contributed by atoms with van der Waals surface area (Å²) in [5.41, 5.74) is 9.11. The van der Waals surface area contributed by atoms with Crippen molar-refractivity contribution in [2.24, 2.45) is 0 Å². The molecule has 1 aromatic heterocycles. The second kappa shape index (κ2) is 6.83. The van der Waals surface area contributed by atoms with Crippen molar-refractivity contribution in [3.63, 3.8) is 0 Å². The maximum absolute atomic E-state index is 12.2. The Morgan fingerprint density at radius 3 is 2.95 bits per heavy atom. The molecule has 4 nitrogen and oxygen atoms in total. The van der Waals surface area contributed by atoms with Crippen molar-refractivity contribution in [2.45, 2.75) is 30.2 Å². The first-order valence-electron chi connectivity index (χ1n) is 7.43. The van der Waals surface area contributed by atoms with E-state index < -0.39 is 0 Å². The molecule has 1 atom stereocenters. The zero-order valence-corrected chi connectivity index (χ0v) is 13.1. The zero-order chi connectivity index (χ0) is 15.4. The average Bonchev–Trinajstić information content (AvgIpc) is 2.54. The van der Waals surface area contributed by atoms with E-state index in [0.717, 1.165) is 29.8 Å². The molecule has 2 aromatic rings. The number of nitrogen functional groups attached to an aromatic ring is 1. The fourth-order valence-corrected chi connectivity index (χ4v) is 3.50. The number of nitrogens with two attached hydrogens (primary N) is 1. The fourth-order valence-electron chi connectivity index (χ4n) is 2.80. The van der Waals surface area contributed by atoms with Gasteiger partial charge in [0.2, 0.25) is 5.91 Å². The van der Waals surface area contributed by atoms with E-state index in [0.29, 0.717) is 5.75 Å². The Morgan fingerprint density at radius 1 is 1.32 bits per heavy atom. The van der Waals surface area contributed by atoms with Gasteiger partial charge >= 0.3 is 0 Å². The van der Waals surface area contributed by atoms with Crippen LogP contribution in [0, 0.1) is 0 Å². The highest BCUT2D eigenvalue weighted by Crippen LogP contribution is 2.31. The zero-order valence-electron chi connectivity index (χ0n) is 12.3. The molecule has 1 unspecified atom stereocenters. The first-order chi connectivity index (χ1) is 10.7. The molecule has 0 spiro atoms. The number of fused-ring (bicyclic) bond motifs is 1. The van der Waals surface area contributed by atoms with Crippen LogP contribution in [0.5, 0.6) is 0 Å². The van der Waals surface area contributed by atoms with Crippen molar-refractivity contribution >= 4 is 23.4 Å². The van der Waals surface area contributed by atoms with Crippen molar-refractivity contribution in [2.75, 3.05) is 11.5 Å². The number of nitrogens with zero attached hydrogens (tertiary/aromatic N) is 1. The van der Waals surface area contributed by atoms with Crippen molar-refractivity contribution < 1.29 is 4.79 Å². The number of aryl methyl sites for hydroxylation is 1. The quantitative estimate of drug-likeness (QED) is 0.672. The highest BCUT2D eigenvalue weighted by atomic mass is 32.2. The lowest BCUT2D eigenvalue weighted by atomic mass is 9.87. The van der Waals surface area contributed by atoms with Crippen molar-refractivity contribution in [1.29, 1.82) is 0 Å². The highest BCUT2D eigenvalue weighted by molar-refractivity contribution is 8.00. The number of hydrogen-bond acceptors (Lipinski definition) is 4. The van der Waals surface area contributed by atoms with E-state index in [4.69, 9.17) is 5.73 Å². The topological polar surface area (TPSA) is 68.0 Å². The lowest BCUT2D eigenvalue weighted by Crippen LogP contribution is -2.32. The lowest BCUT2D eigenvalue weighted by molar-refractivity contribution is -0.119. The predicted molar refractivity (Wildman–Crippen MR) is 89.6 cm³/mol. The number of rotatable bonds is 4. The molecule has 0 saturated carbocycles. The largest absolute Gasteiger partial charge is 0.399 e. The Bertz CT molecular complexity index is 660. The van der Waals surface area contributed by atoms with Crippen molar-refractivity contribution in [3.8, 4) is 0 Å². The third-order valence-corrected chi connectivity index (χ3v) is 4.85. The van der Waals surface area contributed by atoms with E-state index in [-0.39, 0.29) is 11.9 Å². The van der Waals surface area contributed by atoms with Gasteiger partial charge < -0.3 is 11.1 Å². The third kappa shape index (κ3) is 3.60. The number of aromatic nitrogens is 1. The van der Waals surface area contributed by atoms with Crippen LogP contribution >= 0.6 is 11.8 Å². The maximum atomic E-state index is 12.2. The van der Waals surface area contributed by atoms with Gasteiger partial charge in [-0.15, -0.1) is 11.8 Å². The van der Waals surface area contributed by atoms with Crippen LogP contribution < -0.4 is 11.1 Å². The summed E-state index contributed by atoms with van der Waals surface area (Å²) < 4.78 is 0. The maximum Gasteiger partial charge on any atom is 0.230 e. The summed E-state index contributed by atoms with van der Waals surface area (Å²) in [6, 6.07) is 9.92. The first kappa shape index (κ1) is 14.9. The summed E-state index contributed by atoms with van der Waals surface area (Å²) in [5.74, 6) is 0.488. The van der Waals surface area contributed by atoms with Gasteiger partial charge in [0.05, 0.1) is 11.8 Å². The molecule has 0 radical (unpaired) electrons. The molecule has 3 N–H and O–H groups in total. The van der Waals surface area contributed by atoms with Gasteiger partial charge in [0.1, 0.15) is 0 Å². The predicted octanol–water partition coefficient (Wildman–Crippen LogP) is 2.95. The van der Waals surface area contributed by atoms with E-state index in [1.54, 1.807) is 12.4 Å². The minimum atomic E-state index is 0.0662. The molecule has 5 heteroatoms. The van der Waals surface area contributed by atoms with Gasteiger partial charge in [0, 0.05) is 23.0 Å². The fraction of sp³-hybridized carbons (Fsp3) is 0.294. The van der Waals surface area contributed by atoms with Crippen LogP contribution in [0.2, 0.25) is 0 Å². The van der Waals surface area contributed by atoms with Crippen LogP contribution in [0.25, 0.3) is 0 Å². The summed E-state index contributed by atoms with van der Waals surface area (Å²) in [5, 5.41) is 3.15. The molecule has 22 heavy (non-hydrogen) atoms. The Balaban J connectivity index is 1.61. The van der Waals surface area contributed by atoms with E-state index in [1.807, 2.05) is 30.3 Å². The number of anilines is 1. The third-order valence-electron chi connectivity index (χ3n) is 3.84. The molecule has 114 valence electrons. The minimum Gasteiger partial charge on any atom is -0.399 e. The molecule has 1 aliphatic rings. The number of carbonyl (C=O) groups is 1. The van der Waals surface area contributed by atoms with Gasteiger partial charge in [0.25, 0.3) is 0 Å². The van der Waals surface area contributed by atoms with E-state index in [1.165, 1.54) is 22.9 Å². The van der Waals surface area contributed by atoms with Gasteiger partial charge in [-0.3, -0.25) is 9.78 Å². The number of thioether (sulfide) groups is 1. The van der Waals surface area contributed by atoms with Gasteiger partial charge in [-0.25, -0.2) is 0 Å². The van der Waals surface area contributed by atoms with Crippen LogP contribution in [0.1, 0.15) is 30.0 Å². The smallest absolute Gasteiger partial charge is 0.230 e. The van der Waals surface area contributed by atoms with E-state index in [9.17, 15) is 4.79 Å². The normalized spacial score (nSPS) is 16.8. The van der Waals surface area contributed by atoms with Crippen LogP contribution in [-0.2, 0) is 11.2 Å². The van der Waals surface area contributed by atoms with Crippen LogP contribution in [0.4, 0.5) is 5.69 Å². The average molecular weight is 313 g/mol. The Labute approximate surface area is 134 Å².